The fraction of sp³-hybridized carbons (Fsp3) is 0.278. The summed E-state index contributed by atoms with van der Waals surface area (Å²) in [6, 6.07) is 20.2. The molecular weight excluding hydrogens is 677 g/mol. The zero-order valence-corrected chi connectivity index (χ0v) is 27.5. The van der Waals surface area contributed by atoms with Crippen molar-refractivity contribution < 1.29 is 35.8 Å². The number of nitriles is 2. The quantitative estimate of drug-likeness (QED) is 0.128. The lowest BCUT2D eigenvalue weighted by molar-refractivity contribution is -0.288. The van der Waals surface area contributed by atoms with E-state index in [1.54, 1.807) is 52.0 Å². The van der Waals surface area contributed by atoms with Gasteiger partial charge in [-0.2, -0.15) is 36.9 Å². The summed E-state index contributed by atoms with van der Waals surface area (Å²) in [5, 5.41) is 19.5. The second-order valence-corrected chi connectivity index (χ2v) is 13.0. The number of hydrogen-bond acceptors (Lipinski definition) is 4. The molecule has 4 nitrogen and oxygen atoms in total. The van der Waals surface area contributed by atoms with Gasteiger partial charge >= 0.3 is 12.4 Å². The number of hydrogen-bond donors (Lipinski definition) is 0. The highest BCUT2D eigenvalue weighted by Crippen LogP contribution is 2.56. The summed E-state index contributed by atoms with van der Waals surface area (Å²) in [7, 11) is 0. The average Bonchev–Trinajstić information content (AvgIpc) is 3.01. The second-order valence-electron chi connectivity index (χ2n) is 11.6. The molecule has 0 spiro atoms. The largest absolute Gasteiger partial charge is 0.483 e. The lowest BCUT2D eigenvalue weighted by Gasteiger charge is -2.38. The minimum Gasteiger partial charge on any atom is -0.483 e. The molecule has 0 saturated carbocycles. The first-order valence-electron chi connectivity index (χ1n) is 14.5. The van der Waals surface area contributed by atoms with Crippen LogP contribution in [0.1, 0.15) is 67.5 Å². The molecule has 4 aromatic carbocycles. The van der Waals surface area contributed by atoms with Crippen molar-refractivity contribution >= 4 is 23.2 Å². The molecule has 4 rings (SSSR count). The Morgan fingerprint density at radius 1 is 0.667 bits per heavy atom. The molecule has 0 bridgehead atoms. The zero-order valence-electron chi connectivity index (χ0n) is 26.0. The van der Waals surface area contributed by atoms with Crippen LogP contribution in [0.5, 0.6) is 17.2 Å². The first-order valence-corrected chi connectivity index (χ1v) is 15.2. The number of halogens is 8. The van der Waals surface area contributed by atoms with Crippen LogP contribution in [0.15, 0.2) is 84.9 Å². The van der Waals surface area contributed by atoms with Crippen LogP contribution in [0.3, 0.4) is 0 Å². The average molecular weight is 706 g/mol. The fourth-order valence-corrected chi connectivity index (χ4v) is 5.91. The van der Waals surface area contributed by atoms with Crippen LogP contribution >= 0.6 is 23.2 Å². The second kappa shape index (κ2) is 13.3. The van der Waals surface area contributed by atoms with Gasteiger partial charge < -0.3 is 9.47 Å². The van der Waals surface area contributed by atoms with Crippen molar-refractivity contribution in [2.24, 2.45) is 0 Å². The van der Waals surface area contributed by atoms with Crippen LogP contribution in [0.4, 0.5) is 26.3 Å². The predicted molar refractivity (Wildman–Crippen MR) is 170 cm³/mol. The molecule has 1 unspecified atom stereocenters. The highest BCUT2D eigenvalue weighted by molar-refractivity contribution is 6.31. The van der Waals surface area contributed by atoms with Gasteiger partial charge in [-0.15, -0.1) is 11.6 Å². The molecule has 0 aliphatic carbocycles. The molecule has 12 heteroatoms. The van der Waals surface area contributed by atoms with Gasteiger partial charge in [0.2, 0.25) is 5.41 Å². The standard InChI is InChI=1S/C36H28Cl2F6N2O2/c1-5-33(4,29-9-6-10-30(37)26(29)20-45)48-25-18-14-23(15-19-25)34(35(39,40)41,36(42,43)44)22-12-16-24(17-13-22)47-31-11-7-8-28(27(31)21-46)32(2,3)38/h6-19H,5H2,1-4H3. The molecule has 0 amide bonds. The van der Waals surface area contributed by atoms with E-state index in [0.29, 0.717) is 23.3 Å². The van der Waals surface area contributed by atoms with E-state index in [2.05, 4.69) is 0 Å². The summed E-state index contributed by atoms with van der Waals surface area (Å²) in [6.07, 6.45) is -11.4. The summed E-state index contributed by atoms with van der Waals surface area (Å²) in [5.41, 5.74) is -6.76. The highest BCUT2D eigenvalue weighted by Gasteiger charge is 2.72. The van der Waals surface area contributed by atoms with Gasteiger partial charge in [-0.25, -0.2) is 0 Å². The van der Waals surface area contributed by atoms with Crippen molar-refractivity contribution in [3.05, 3.63) is 123 Å². The van der Waals surface area contributed by atoms with Crippen LogP contribution in [0.2, 0.25) is 5.02 Å². The lowest BCUT2D eigenvalue weighted by atomic mass is 9.73. The van der Waals surface area contributed by atoms with Crippen LogP contribution in [-0.2, 0) is 15.9 Å². The van der Waals surface area contributed by atoms with Crippen molar-refractivity contribution in [1.29, 1.82) is 10.5 Å². The van der Waals surface area contributed by atoms with Crippen LogP contribution in [-0.4, -0.2) is 12.4 Å². The molecule has 0 saturated heterocycles. The number of ether oxygens (including phenoxy) is 2. The topological polar surface area (TPSA) is 66.0 Å². The Hall–Kier alpha value is -4.38. The smallest absolute Gasteiger partial charge is 0.411 e. The number of alkyl halides is 7. The molecule has 0 aliphatic rings. The molecule has 4 aromatic rings. The van der Waals surface area contributed by atoms with E-state index in [4.69, 9.17) is 32.7 Å². The van der Waals surface area contributed by atoms with E-state index in [1.807, 2.05) is 12.1 Å². The molecule has 0 aromatic heterocycles. The van der Waals surface area contributed by atoms with Gasteiger partial charge in [0.25, 0.3) is 0 Å². The Bertz CT molecular complexity index is 1860. The molecule has 1 atom stereocenters. The van der Waals surface area contributed by atoms with E-state index < -0.39 is 39.4 Å². The van der Waals surface area contributed by atoms with Gasteiger partial charge in [0.1, 0.15) is 35.0 Å². The Morgan fingerprint density at radius 2 is 1.15 bits per heavy atom. The van der Waals surface area contributed by atoms with Gasteiger partial charge in [0.05, 0.1) is 21.0 Å². The monoisotopic (exact) mass is 704 g/mol. The van der Waals surface area contributed by atoms with Crippen molar-refractivity contribution in [2.75, 3.05) is 0 Å². The normalized spacial score (nSPS) is 13.6. The van der Waals surface area contributed by atoms with Gasteiger partial charge in [0.15, 0.2) is 0 Å². The zero-order chi connectivity index (χ0) is 35.7. The Kier molecular flexibility index (Phi) is 10.1. The summed E-state index contributed by atoms with van der Waals surface area (Å²) in [4.78, 5) is -0.960. The molecule has 0 radical (unpaired) electrons. The van der Waals surface area contributed by atoms with Crippen LogP contribution in [0, 0.1) is 22.7 Å². The van der Waals surface area contributed by atoms with Crippen molar-refractivity contribution in [3.63, 3.8) is 0 Å². The van der Waals surface area contributed by atoms with Gasteiger partial charge in [-0.05, 0) is 80.3 Å². The van der Waals surface area contributed by atoms with Gasteiger partial charge in [-0.3, -0.25) is 0 Å². The minimum atomic E-state index is -5.83. The molecule has 0 N–H and O–H groups in total. The molecule has 0 heterocycles. The van der Waals surface area contributed by atoms with E-state index in [1.165, 1.54) is 12.1 Å². The van der Waals surface area contributed by atoms with E-state index in [0.717, 1.165) is 36.4 Å². The maximum Gasteiger partial charge on any atom is 0.411 e. The lowest BCUT2D eigenvalue weighted by Crippen LogP contribution is -2.54. The molecule has 250 valence electrons. The van der Waals surface area contributed by atoms with Crippen molar-refractivity contribution in [1.82, 2.24) is 0 Å². The molecule has 48 heavy (non-hydrogen) atoms. The summed E-state index contributed by atoms with van der Waals surface area (Å²) < 4.78 is 101. The highest BCUT2D eigenvalue weighted by atomic mass is 35.5. The van der Waals surface area contributed by atoms with Gasteiger partial charge in [0, 0.05) is 5.56 Å². The SMILES string of the molecule is CCC(C)(Oc1ccc(C(c2ccc(Oc3cccc(C(C)(C)Cl)c3C#N)cc2)(C(F)(F)F)C(F)(F)F)cc1)c1cccc(Cl)c1C#N. The number of nitrogens with zero attached hydrogens (tertiary/aromatic N) is 2. The molecule has 0 aliphatic heterocycles. The molecule has 0 fully saturated rings. The predicted octanol–water partition coefficient (Wildman–Crippen LogP) is 11.5. The first-order chi connectivity index (χ1) is 22.3. The van der Waals surface area contributed by atoms with Crippen LogP contribution in [0.25, 0.3) is 0 Å². The number of rotatable bonds is 9. The maximum absolute atomic E-state index is 14.8. The Labute approximate surface area is 284 Å². The number of benzene rings is 4. The van der Waals surface area contributed by atoms with Crippen molar-refractivity contribution in [3.8, 4) is 29.4 Å². The van der Waals surface area contributed by atoms with E-state index >= 15 is 0 Å². The third kappa shape index (κ3) is 6.65. The van der Waals surface area contributed by atoms with E-state index in [9.17, 15) is 36.9 Å². The van der Waals surface area contributed by atoms with E-state index in [-0.39, 0.29) is 39.8 Å². The maximum atomic E-state index is 14.8. The Morgan fingerprint density at radius 3 is 1.60 bits per heavy atom. The third-order valence-electron chi connectivity index (χ3n) is 8.14. The van der Waals surface area contributed by atoms with Crippen LogP contribution < -0.4 is 9.47 Å². The van der Waals surface area contributed by atoms with Crippen molar-refractivity contribution in [2.45, 2.75) is 62.4 Å². The summed E-state index contributed by atoms with van der Waals surface area (Å²) >= 11 is 12.6. The van der Waals surface area contributed by atoms with Gasteiger partial charge in [-0.1, -0.05) is 67.1 Å². The summed E-state index contributed by atoms with van der Waals surface area (Å²) in [6.45, 7) is 6.70. The minimum absolute atomic E-state index is 0.0235. The first kappa shape index (κ1) is 36.5. The fourth-order valence-electron chi connectivity index (χ4n) is 5.54. The Balaban J connectivity index is 1.76. The summed E-state index contributed by atoms with van der Waals surface area (Å²) in [5.74, 6) is -0.0910. The molecular formula is C36H28Cl2F6N2O2. The third-order valence-corrected chi connectivity index (χ3v) is 8.66.